The maximum absolute atomic E-state index is 12.0. The van der Waals surface area contributed by atoms with Gasteiger partial charge in [0.05, 0.1) is 0 Å². The summed E-state index contributed by atoms with van der Waals surface area (Å²) in [6, 6.07) is 10.2. The number of nitrogens with zero attached hydrogens (tertiary/aromatic N) is 1. The third-order valence-electron chi connectivity index (χ3n) is 2.75. The summed E-state index contributed by atoms with van der Waals surface area (Å²) in [5.41, 5.74) is 0.507. The third kappa shape index (κ3) is 4.44. The van der Waals surface area contributed by atoms with E-state index in [0.717, 1.165) is 0 Å². The molecule has 0 saturated heterocycles. The van der Waals surface area contributed by atoms with Crippen molar-refractivity contribution in [2.45, 2.75) is 13.3 Å². The van der Waals surface area contributed by atoms with Crippen LogP contribution >= 0.6 is 0 Å². The Kier molecular flexibility index (Phi) is 5.71. The molecular weight excluding hydrogens is 286 g/mol. The van der Waals surface area contributed by atoms with Gasteiger partial charge in [0.15, 0.2) is 0 Å². The number of hydrogen-bond donors (Lipinski definition) is 1. The first-order valence-corrected chi connectivity index (χ1v) is 6.94. The number of anilines is 1. The van der Waals surface area contributed by atoms with Crippen LogP contribution in [0.4, 0.5) is 10.1 Å². The van der Waals surface area contributed by atoms with Crippen LogP contribution < -0.4 is 14.8 Å². The number of ether oxygens (including phenoxy) is 2. The van der Waals surface area contributed by atoms with E-state index in [1.165, 1.54) is 0 Å². The summed E-state index contributed by atoms with van der Waals surface area (Å²) in [7, 11) is 0. The van der Waals surface area contributed by atoms with E-state index in [-0.39, 0.29) is 12.5 Å². The molecular formula is C16H17FN2O3. The van der Waals surface area contributed by atoms with Crippen LogP contribution in [-0.2, 0) is 4.79 Å². The topological polar surface area (TPSA) is 60.5 Å². The van der Waals surface area contributed by atoms with Crippen LogP contribution in [-0.4, -0.2) is 24.2 Å². The predicted octanol–water partition coefficient (Wildman–Crippen LogP) is 3.57. The molecule has 6 heteroatoms. The number of halogens is 1. The molecule has 0 aliphatic heterocycles. The van der Waals surface area contributed by atoms with Crippen LogP contribution in [0, 0.1) is 0 Å². The van der Waals surface area contributed by atoms with Crippen molar-refractivity contribution in [3.63, 3.8) is 0 Å². The van der Waals surface area contributed by atoms with Crippen LogP contribution in [0.3, 0.4) is 0 Å². The van der Waals surface area contributed by atoms with Gasteiger partial charge in [-0.25, -0.2) is 9.37 Å². The Labute approximate surface area is 128 Å². The van der Waals surface area contributed by atoms with Crippen LogP contribution in [0.5, 0.6) is 17.4 Å². The highest BCUT2D eigenvalue weighted by molar-refractivity contribution is 5.91. The summed E-state index contributed by atoms with van der Waals surface area (Å²) in [5.74, 6) is 1.29. The molecule has 1 aromatic heterocycles. The lowest BCUT2D eigenvalue weighted by Crippen LogP contribution is -2.10. The van der Waals surface area contributed by atoms with Crippen molar-refractivity contribution >= 4 is 11.6 Å². The molecule has 22 heavy (non-hydrogen) atoms. The molecule has 0 fully saturated rings. The van der Waals surface area contributed by atoms with Crippen LogP contribution in [0.1, 0.15) is 13.3 Å². The Morgan fingerprint density at radius 3 is 2.64 bits per heavy atom. The number of carbonyl (C=O) groups excluding carboxylic acids is 1. The SMILES string of the molecule is CCC(=O)Nc1cccnc1Oc1ccc(OCC[18F])cc1. The second-order valence-electron chi connectivity index (χ2n) is 4.37. The Hall–Kier alpha value is -2.63. The minimum Gasteiger partial charge on any atom is -0.491 e. The monoisotopic (exact) mass is 303 g/mol. The van der Waals surface area contributed by atoms with Gasteiger partial charge in [-0.1, -0.05) is 6.92 Å². The molecule has 0 unspecified atom stereocenters. The van der Waals surface area contributed by atoms with E-state index in [1.807, 2.05) is 0 Å². The summed E-state index contributed by atoms with van der Waals surface area (Å²) < 4.78 is 22.8. The van der Waals surface area contributed by atoms with Gasteiger partial charge < -0.3 is 14.8 Å². The molecule has 5 nitrogen and oxygen atoms in total. The van der Waals surface area contributed by atoms with Gasteiger partial charge in [0.25, 0.3) is 0 Å². The molecule has 1 N–H and O–H groups in total. The van der Waals surface area contributed by atoms with E-state index in [1.54, 1.807) is 49.5 Å². The van der Waals surface area contributed by atoms with Crippen LogP contribution in [0.2, 0.25) is 0 Å². The number of nitrogens with one attached hydrogen (secondary N) is 1. The average Bonchev–Trinajstić information content (AvgIpc) is 2.56. The molecule has 116 valence electrons. The summed E-state index contributed by atoms with van der Waals surface area (Å²) in [6.45, 7) is 1.25. The summed E-state index contributed by atoms with van der Waals surface area (Å²) in [6.07, 6.45) is 1.95. The minimum absolute atomic E-state index is 0.0215. The van der Waals surface area contributed by atoms with Gasteiger partial charge in [-0.3, -0.25) is 4.79 Å². The number of pyridine rings is 1. The normalized spacial score (nSPS) is 10.1. The predicted molar refractivity (Wildman–Crippen MR) is 81.1 cm³/mol. The molecule has 1 aromatic carbocycles. The van der Waals surface area contributed by atoms with Crippen molar-refractivity contribution in [1.82, 2.24) is 4.98 Å². The zero-order valence-electron chi connectivity index (χ0n) is 12.2. The molecule has 0 saturated carbocycles. The zero-order valence-corrected chi connectivity index (χ0v) is 12.2. The highest BCUT2D eigenvalue weighted by atomic mass is 18.2. The molecule has 2 aromatic rings. The number of alkyl halides is 1. The van der Waals surface area contributed by atoms with Crippen LogP contribution in [0.25, 0.3) is 0 Å². The van der Waals surface area contributed by atoms with E-state index in [4.69, 9.17) is 9.47 Å². The van der Waals surface area contributed by atoms with E-state index in [9.17, 15) is 9.18 Å². The molecule has 0 spiro atoms. The highest BCUT2D eigenvalue weighted by Crippen LogP contribution is 2.28. The van der Waals surface area contributed by atoms with Crippen LogP contribution in [0.15, 0.2) is 42.6 Å². The van der Waals surface area contributed by atoms with Gasteiger partial charge in [0.1, 0.15) is 30.5 Å². The number of benzene rings is 1. The molecule has 1 heterocycles. The maximum atomic E-state index is 12.0. The average molecular weight is 303 g/mol. The molecule has 0 bridgehead atoms. The van der Waals surface area contributed by atoms with Crippen molar-refractivity contribution in [2.24, 2.45) is 0 Å². The lowest BCUT2D eigenvalue weighted by atomic mass is 10.3. The highest BCUT2D eigenvalue weighted by Gasteiger charge is 2.08. The third-order valence-corrected chi connectivity index (χ3v) is 2.75. The summed E-state index contributed by atoms with van der Waals surface area (Å²) in [4.78, 5) is 15.6. The maximum Gasteiger partial charge on any atom is 0.243 e. The van der Waals surface area contributed by atoms with Gasteiger partial charge in [-0.05, 0) is 36.4 Å². The standard InChI is InChI=1S/C16H17FN2O3/c1-2-15(20)19-14-4-3-10-18-16(14)22-13-7-5-12(6-8-13)21-11-9-17/h3-8,10H,2,9,11H2,1H3,(H,19,20)/i17-1. The number of hydrogen-bond acceptors (Lipinski definition) is 4. The van der Waals surface area contributed by atoms with Crippen molar-refractivity contribution in [2.75, 3.05) is 18.6 Å². The van der Waals surface area contributed by atoms with E-state index >= 15 is 0 Å². The molecule has 0 aliphatic carbocycles. The van der Waals surface area contributed by atoms with Gasteiger partial charge in [-0.15, -0.1) is 0 Å². The summed E-state index contributed by atoms with van der Waals surface area (Å²) >= 11 is 0. The van der Waals surface area contributed by atoms with Crippen molar-refractivity contribution in [3.05, 3.63) is 42.6 Å². The second-order valence-corrected chi connectivity index (χ2v) is 4.37. The number of rotatable bonds is 7. The molecule has 2 rings (SSSR count). The van der Waals surface area contributed by atoms with Gasteiger partial charge in [0, 0.05) is 12.6 Å². The zero-order chi connectivity index (χ0) is 15.8. The Bertz CT molecular complexity index is 617. The molecule has 0 atom stereocenters. The Morgan fingerprint density at radius 1 is 1.23 bits per heavy atom. The fraction of sp³-hybridized carbons (Fsp3) is 0.250. The fourth-order valence-corrected chi connectivity index (χ4v) is 1.68. The largest absolute Gasteiger partial charge is 0.491 e. The van der Waals surface area contributed by atoms with Gasteiger partial charge in [0.2, 0.25) is 11.8 Å². The Balaban J connectivity index is 2.08. The van der Waals surface area contributed by atoms with Crippen molar-refractivity contribution in [1.29, 1.82) is 0 Å². The number of aromatic nitrogens is 1. The number of amides is 1. The van der Waals surface area contributed by atoms with E-state index in [2.05, 4.69) is 10.3 Å². The number of carbonyl (C=O) groups is 1. The van der Waals surface area contributed by atoms with Gasteiger partial charge >= 0.3 is 0 Å². The molecule has 1 amide bonds. The van der Waals surface area contributed by atoms with Gasteiger partial charge in [-0.2, -0.15) is 0 Å². The smallest absolute Gasteiger partial charge is 0.243 e. The first-order valence-electron chi connectivity index (χ1n) is 6.94. The van der Waals surface area contributed by atoms with Crippen molar-refractivity contribution < 1.29 is 18.7 Å². The summed E-state index contributed by atoms with van der Waals surface area (Å²) in [5, 5.41) is 2.73. The second kappa shape index (κ2) is 7.97. The van der Waals surface area contributed by atoms with E-state index < -0.39 is 6.67 Å². The Morgan fingerprint density at radius 2 is 1.95 bits per heavy atom. The first kappa shape index (κ1) is 15.8. The minimum atomic E-state index is -0.535. The van der Waals surface area contributed by atoms with Crippen molar-refractivity contribution in [3.8, 4) is 17.4 Å². The quantitative estimate of drug-likeness (QED) is 0.849. The molecule has 0 radical (unpaired) electrons. The fourth-order valence-electron chi connectivity index (χ4n) is 1.68. The van der Waals surface area contributed by atoms with E-state index in [0.29, 0.717) is 29.5 Å². The lowest BCUT2D eigenvalue weighted by molar-refractivity contribution is -0.115. The lowest BCUT2D eigenvalue weighted by Gasteiger charge is -2.11. The first-order chi connectivity index (χ1) is 10.7. The molecule has 0 aliphatic rings.